The summed E-state index contributed by atoms with van der Waals surface area (Å²) in [5.41, 5.74) is 2.06. The van der Waals surface area contributed by atoms with E-state index in [9.17, 15) is 14.4 Å². The number of carboxylic acid groups (broad SMARTS) is 1. The smallest absolute Gasteiger partial charge is 0.328 e. The van der Waals surface area contributed by atoms with Crippen LogP contribution in [0, 0.1) is 6.92 Å². The predicted molar refractivity (Wildman–Crippen MR) is 112 cm³/mol. The third-order valence-electron chi connectivity index (χ3n) is 3.60. The number of aliphatic carboxylic acids is 1. The highest BCUT2D eigenvalue weighted by Crippen LogP contribution is 2.27. The van der Waals surface area contributed by atoms with Gasteiger partial charge in [0.25, 0.3) is 0 Å². The minimum Gasteiger partial charge on any atom is -0.478 e. The number of carbonyl (C=O) groups is 3. The van der Waals surface area contributed by atoms with Crippen LogP contribution in [-0.4, -0.2) is 28.1 Å². The van der Waals surface area contributed by atoms with E-state index in [0.29, 0.717) is 16.4 Å². The first-order chi connectivity index (χ1) is 13.2. The van der Waals surface area contributed by atoms with Crippen molar-refractivity contribution in [3.63, 3.8) is 0 Å². The van der Waals surface area contributed by atoms with Crippen molar-refractivity contribution < 1.29 is 19.5 Å². The molecule has 6 nitrogen and oxygen atoms in total. The number of carboxylic acids is 1. The molecule has 0 fully saturated rings. The maximum Gasteiger partial charge on any atom is 0.328 e. The lowest BCUT2D eigenvalue weighted by molar-refractivity contribution is -0.131. The monoisotopic (exact) mass is 418 g/mol. The number of nitrogens with one attached hydrogen (secondary N) is 2. The quantitative estimate of drug-likeness (QED) is 0.459. The molecule has 2 aromatic rings. The Morgan fingerprint density at radius 1 is 1.07 bits per heavy atom. The minimum absolute atomic E-state index is 0.177. The highest BCUT2D eigenvalue weighted by molar-refractivity contribution is 8.00. The molecule has 2 amide bonds. The van der Waals surface area contributed by atoms with Crippen molar-refractivity contribution in [1.82, 2.24) is 0 Å². The Morgan fingerprint density at radius 2 is 1.79 bits per heavy atom. The van der Waals surface area contributed by atoms with Crippen LogP contribution in [0.2, 0.25) is 5.02 Å². The summed E-state index contributed by atoms with van der Waals surface area (Å²) in [6.45, 7) is 3.66. The maximum atomic E-state index is 12.4. The molecule has 8 heteroatoms. The number of halogens is 1. The maximum absolute atomic E-state index is 12.4. The van der Waals surface area contributed by atoms with Crippen LogP contribution in [-0.2, 0) is 14.4 Å². The molecule has 0 heterocycles. The van der Waals surface area contributed by atoms with Gasteiger partial charge in [-0.15, -0.1) is 11.8 Å². The summed E-state index contributed by atoms with van der Waals surface area (Å²) in [7, 11) is 0. The third kappa shape index (κ3) is 6.75. The molecule has 0 saturated heterocycles. The summed E-state index contributed by atoms with van der Waals surface area (Å²) in [4.78, 5) is 35.3. The largest absolute Gasteiger partial charge is 0.478 e. The Balaban J connectivity index is 1.98. The fraction of sp³-hybridized carbons (Fsp3) is 0.150. The fourth-order valence-electron chi connectivity index (χ4n) is 2.15. The molecular formula is C20H19ClN2O4S. The van der Waals surface area contributed by atoms with Crippen LogP contribution in [0.25, 0.3) is 0 Å². The Bertz CT molecular complexity index is 930. The van der Waals surface area contributed by atoms with Crippen LogP contribution >= 0.6 is 23.4 Å². The summed E-state index contributed by atoms with van der Waals surface area (Å²) < 4.78 is 0. The van der Waals surface area contributed by atoms with Crippen LogP contribution in [0.5, 0.6) is 0 Å². The first-order valence-electron chi connectivity index (χ1n) is 8.30. The molecule has 0 bridgehead atoms. The van der Waals surface area contributed by atoms with E-state index >= 15 is 0 Å². The standard InChI is InChI=1S/C20H19ClN2O4S/c1-12-6-7-15(11-17(12)21)23-20(27)13(2)28-16-5-3-4-14(10-16)22-18(24)8-9-19(25)26/h3-11,13H,1-2H3,(H,22,24)(H,23,27)(H,25,26)/b9-8+. The van der Waals surface area contributed by atoms with E-state index in [-0.39, 0.29) is 5.91 Å². The third-order valence-corrected chi connectivity index (χ3v) is 5.10. The summed E-state index contributed by atoms with van der Waals surface area (Å²) >= 11 is 7.41. The molecule has 28 heavy (non-hydrogen) atoms. The van der Waals surface area contributed by atoms with Gasteiger partial charge in [0.2, 0.25) is 11.8 Å². The topological polar surface area (TPSA) is 95.5 Å². The van der Waals surface area contributed by atoms with Crippen molar-refractivity contribution in [2.24, 2.45) is 0 Å². The Hall–Kier alpha value is -2.77. The van der Waals surface area contributed by atoms with Crippen LogP contribution in [0.1, 0.15) is 12.5 Å². The van der Waals surface area contributed by atoms with E-state index in [1.807, 2.05) is 19.1 Å². The number of benzene rings is 2. The van der Waals surface area contributed by atoms with E-state index < -0.39 is 17.1 Å². The second-order valence-electron chi connectivity index (χ2n) is 5.90. The molecule has 0 aliphatic carbocycles. The highest BCUT2D eigenvalue weighted by atomic mass is 35.5. The zero-order chi connectivity index (χ0) is 20.7. The molecule has 1 atom stereocenters. The average Bonchev–Trinajstić information content (AvgIpc) is 2.63. The van der Waals surface area contributed by atoms with E-state index in [0.717, 1.165) is 22.6 Å². The predicted octanol–water partition coefficient (Wildman–Crippen LogP) is 4.35. The number of amides is 2. The van der Waals surface area contributed by atoms with Crippen molar-refractivity contribution in [1.29, 1.82) is 0 Å². The molecule has 2 aromatic carbocycles. The van der Waals surface area contributed by atoms with Gasteiger partial charge in [0, 0.05) is 33.4 Å². The van der Waals surface area contributed by atoms with Gasteiger partial charge in [-0.25, -0.2) is 4.79 Å². The lowest BCUT2D eigenvalue weighted by Crippen LogP contribution is -2.22. The summed E-state index contributed by atoms with van der Waals surface area (Å²) in [6, 6.07) is 12.3. The summed E-state index contributed by atoms with van der Waals surface area (Å²) in [6.07, 6.45) is 1.70. The van der Waals surface area contributed by atoms with Crippen molar-refractivity contribution in [3.05, 3.63) is 65.2 Å². The van der Waals surface area contributed by atoms with Gasteiger partial charge in [-0.3, -0.25) is 9.59 Å². The second-order valence-corrected chi connectivity index (χ2v) is 7.72. The Kier molecular flexibility index (Phi) is 7.66. The van der Waals surface area contributed by atoms with Crippen molar-refractivity contribution in [2.45, 2.75) is 24.0 Å². The van der Waals surface area contributed by atoms with Gasteiger partial charge in [0.1, 0.15) is 0 Å². The molecule has 0 aromatic heterocycles. The normalized spacial score (nSPS) is 11.8. The lowest BCUT2D eigenvalue weighted by atomic mass is 10.2. The lowest BCUT2D eigenvalue weighted by Gasteiger charge is -2.13. The van der Waals surface area contributed by atoms with Gasteiger partial charge in [0.15, 0.2) is 0 Å². The molecule has 0 saturated carbocycles. The minimum atomic E-state index is -1.20. The molecule has 3 N–H and O–H groups in total. The number of rotatable bonds is 7. The van der Waals surface area contributed by atoms with Crippen LogP contribution in [0.15, 0.2) is 59.5 Å². The van der Waals surface area contributed by atoms with Gasteiger partial charge in [0.05, 0.1) is 5.25 Å². The first-order valence-corrected chi connectivity index (χ1v) is 9.56. The van der Waals surface area contributed by atoms with Crippen molar-refractivity contribution in [3.8, 4) is 0 Å². The molecule has 0 aliphatic rings. The summed E-state index contributed by atoms with van der Waals surface area (Å²) in [5, 5.41) is 14.1. The SMILES string of the molecule is Cc1ccc(NC(=O)C(C)Sc2cccc(NC(=O)/C=C/C(=O)O)c2)cc1Cl. The van der Waals surface area contributed by atoms with Crippen molar-refractivity contribution in [2.75, 3.05) is 10.6 Å². The van der Waals surface area contributed by atoms with Gasteiger partial charge in [-0.05, 0) is 49.7 Å². The van der Waals surface area contributed by atoms with E-state index in [4.69, 9.17) is 16.7 Å². The Labute approximate surface area is 172 Å². The summed E-state index contributed by atoms with van der Waals surface area (Å²) in [5.74, 6) is -1.93. The molecule has 2 rings (SSSR count). The fourth-order valence-corrected chi connectivity index (χ4v) is 3.26. The number of aryl methyl sites for hydroxylation is 1. The molecule has 0 spiro atoms. The zero-order valence-corrected chi connectivity index (χ0v) is 16.8. The van der Waals surface area contributed by atoms with E-state index in [1.54, 1.807) is 37.3 Å². The first kappa shape index (κ1) is 21.5. The number of thioether (sulfide) groups is 1. The van der Waals surface area contributed by atoms with Crippen LogP contribution < -0.4 is 10.6 Å². The Morgan fingerprint density at radius 3 is 2.46 bits per heavy atom. The van der Waals surface area contributed by atoms with E-state index in [2.05, 4.69) is 10.6 Å². The van der Waals surface area contributed by atoms with Gasteiger partial charge < -0.3 is 15.7 Å². The zero-order valence-electron chi connectivity index (χ0n) is 15.2. The number of hydrogen-bond acceptors (Lipinski definition) is 4. The van der Waals surface area contributed by atoms with Gasteiger partial charge in [-0.2, -0.15) is 0 Å². The molecule has 146 valence electrons. The number of carbonyl (C=O) groups excluding carboxylic acids is 2. The van der Waals surface area contributed by atoms with Crippen molar-refractivity contribution >= 4 is 52.5 Å². The molecule has 0 radical (unpaired) electrons. The average molecular weight is 419 g/mol. The molecule has 0 aliphatic heterocycles. The molecule has 1 unspecified atom stereocenters. The second kappa shape index (κ2) is 9.96. The van der Waals surface area contributed by atoms with E-state index in [1.165, 1.54) is 11.8 Å². The number of hydrogen-bond donors (Lipinski definition) is 3. The highest BCUT2D eigenvalue weighted by Gasteiger charge is 2.15. The van der Waals surface area contributed by atoms with Gasteiger partial charge >= 0.3 is 5.97 Å². The van der Waals surface area contributed by atoms with Crippen LogP contribution in [0.3, 0.4) is 0 Å². The number of anilines is 2. The molecular weight excluding hydrogens is 400 g/mol. The van der Waals surface area contributed by atoms with Crippen LogP contribution in [0.4, 0.5) is 11.4 Å². The van der Waals surface area contributed by atoms with Gasteiger partial charge in [-0.1, -0.05) is 23.7 Å².